The Morgan fingerprint density at radius 3 is 2.55 bits per heavy atom. The maximum Gasteiger partial charge on any atom is 0.237 e. The van der Waals surface area contributed by atoms with E-state index >= 15 is 0 Å². The summed E-state index contributed by atoms with van der Waals surface area (Å²) in [6.45, 7) is 3.90. The van der Waals surface area contributed by atoms with Crippen molar-refractivity contribution >= 4 is 29.0 Å². The van der Waals surface area contributed by atoms with Gasteiger partial charge in [-0.2, -0.15) is 0 Å². The summed E-state index contributed by atoms with van der Waals surface area (Å²) in [5, 5.41) is 2.76. The van der Waals surface area contributed by atoms with Crippen LogP contribution in [-0.2, 0) is 4.79 Å². The van der Waals surface area contributed by atoms with E-state index in [1.165, 1.54) is 11.8 Å². The minimum atomic E-state index is -0.167. The Hall–Kier alpha value is -1.94. The SMILES string of the molecule is Cc1cccc(NC(=O)C(C)Sc2ccc(N)cc2)c1. The van der Waals surface area contributed by atoms with E-state index in [2.05, 4.69) is 5.32 Å². The first kappa shape index (κ1) is 14.5. The molecule has 0 saturated carbocycles. The van der Waals surface area contributed by atoms with Crippen LogP contribution in [-0.4, -0.2) is 11.2 Å². The van der Waals surface area contributed by atoms with Gasteiger partial charge < -0.3 is 11.1 Å². The molecule has 0 fully saturated rings. The second kappa shape index (κ2) is 6.48. The van der Waals surface area contributed by atoms with Crippen LogP contribution in [0.25, 0.3) is 0 Å². The standard InChI is InChI=1S/C16H18N2OS/c1-11-4-3-5-14(10-11)18-16(19)12(2)20-15-8-6-13(17)7-9-15/h3-10,12H,17H2,1-2H3,(H,18,19). The van der Waals surface area contributed by atoms with Gasteiger partial charge in [0.2, 0.25) is 5.91 Å². The van der Waals surface area contributed by atoms with E-state index in [-0.39, 0.29) is 11.2 Å². The number of nitrogens with two attached hydrogens (primary N) is 1. The number of hydrogen-bond donors (Lipinski definition) is 2. The first-order chi connectivity index (χ1) is 9.54. The molecule has 3 nitrogen and oxygen atoms in total. The topological polar surface area (TPSA) is 55.1 Å². The van der Waals surface area contributed by atoms with Crippen molar-refractivity contribution in [1.29, 1.82) is 0 Å². The van der Waals surface area contributed by atoms with Crippen LogP contribution in [0.3, 0.4) is 0 Å². The molecule has 1 amide bonds. The number of benzene rings is 2. The average Bonchev–Trinajstić information content (AvgIpc) is 2.41. The maximum absolute atomic E-state index is 12.1. The Kier molecular flexibility index (Phi) is 4.69. The van der Waals surface area contributed by atoms with Crippen LogP contribution in [0.5, 0.6) is 0 Å². The average molecular weight is 286 g/mol. The van der Waals surface area contributed by atoms with Crippen molar-refractivity contribution < 1.29 is 4.79 Å². The fourth-order valence-corrected chi connectivity index (χ4v) is 2.64. The zero-order chi connectivity index (χ0) is 14.5. The van der Waals surface area contributed by atoms with Gasteiger partial charge in [-0.1, -0.05) is 12.1 Å². The number of thioether (sulfide) groups is 1. The van der Waals surface area contributed by atoms with Crippen LogP contribution in [0, 0.1) is 6.92 Å². The number of carbonyl (C=O) groups excluding carboxylic acids is 1. The molecule has 2 aromatic rings. The van der Waals surface area contributed by atoms with E-state index in [9.17, 15) is 4.79 Å². The number of amides is 1. The van der Waals surface area contributed by atoms with Crippen molar-refractivity contribution in [3.8, 4) is 0 Å². The molecule has 0 aliphatic heterocycles. The fraction of sp³-hybridized carbons (Fsp3) is 0.188. The van der Waals surface area contributed by atoms with Crippen molar-refractivity contribution in [2.24, 2.45) is 0 Å². The molecule has 0 bridgehead atoms. The summed E-state index contributed by atoms with van der Waals surface area (Å²) in [7, 11) is 0. The second-order valence-corrected chi connectivity index (χ2v) is 6.10. The number of carbonyl (C=O) groups is 1. The first-order valence-electron chi connectivity index (χ1n) is 6.44. The molecule has 1 atom stereocenters. The lowest BCUT2D eigenvalue weighted by atomic mass is 10.2. The summed E-state index contributed by atoms with van der Waals surface area (Å²) in [6, 6.07) is 15.3. The first-order valence-corrected chi connectivity index (χ1v) is 7.32. The number of nitrogens with one attached hydrogen (secondary N) is 1. The van der Waals surface area contributed by atoms with E-state index in [4.69, 9.17) is 5.73 Å². The summed E-state index contributed by atoms with van der Waals surface area (Å²) in [5.74, 6) is -0.00238. The van der Waals surface area contributed by atoms with Crippen molar-refractivity contribution in [1.82, 2.24) is 0 Å². The van der Waals surface area contributed by atoms with Crippen LogP contribution < -0.4 is 11.1 Å². The molecule has 0 aromatic heterocycles. The van der Waals surface area contributed by atoms with Crippen molar-refractivity contribution in [2.45, 2.75) is 24.0 Å². The van der Waals surface area contributed by atoms with Gasteiger partial charge in [-0.3, -0.25) is 4.79 Å². The molecule has 0 aliphatic rings. The minimum Gasteiger partial charge on any atom is -0.399 e. The molecule has 2 rings (SSSR count). The summed E-state index contributed by atoms with van der Waals surface area (Å²) < 4.78 is 0. The summed E-state index contributed by atoms with van der Waals surface area (Å²) >= 11 is 1.52. The fourth-order valence-electron chi connectivity index (χ4n) is 1.77. The molecule has 1 unspecified atom stereocenters. The molecule has 3 N–H and O–H groups in total. The normalized spacial score (nSPS) is 11.9. The van der Waals surface area contributed by atoms with E-state index in [1.807, 2.05) is 62.4 Å². The zero-order valence-corrected chi connectivity index (χ0v) is 12.4. The molecular weight excluding hydrogens is 268 g/mol. The Morgan fingerprint density at radius 1 is 1.20 bits per heavy atom. The zero-order valence-electron chi connectivity index (χ0n) is 11.6. The Bertz CT molecular complexity index is 596. The molecular formula is C16H18N2OS. The smallest absolute Gasteiger partial charge is 0.237 e. The van der Waals surface area contributed by atoms with Gasteiger partial charge in [0.1, 0.15) is 0 Å². The van der Waals surface area contributed by atoms with E-state index < -0.39 is 0 Å². The van der Waals surface area contributed by atoms with E-state index in [0.717, 1.165) is 21.8 Å². The van der Waals surface area contributed by atoms with Gasteiger partial charge in [0.25, 0.3) is 0 Å². The van der Waals surface area contributed by atoms with Gasteiger partial charge in [0.15, 0.2) is 0 Å². The molecule has 0 heterocycles. The molecule has 0 spiro atoms. The van der Waals surface area contributed by atoms with Gasteiger partial charge in [-0.05, 0) is 55.8 Å². The van der Waals surface area contributed by atoms with Gasteiger partial charge in [0.05, 0.1) is 5.25 Å². The second-order valence-electron chi connectivity index (χ2n) is 4.69. The van der Waals surface area contributed by atoms with Gasteiger partial charge in [0, 0.05) is 16.3 Å². The molecule has 0 aliphatic carbocycles. The third-order valence-corrected chi connectivity index (χ3v) is 3.96. The number of aryl methyl sites for hydroxylation is 1. The molecule has 0 saturated heterocycles. The Labute approximate surface area is 123 Å². The van der Waals surface area contributed by atoms with Crippen LogP contribution in [0.15, 0.2) is 53.4 Å². The highest BCUT2D eigenvalue weighted by molar-refractivity contribution is 8.00. The van der Waals surface area contributed by atoms with Crippen LogP contribution in [0.2, 0.25) is 0 Å². The highest BCUT2D eigenvalue weighted by atomic mass is 32.2. The largest absolute Gasteiger partial charge is 0.399 e. The third-order valence-electron chi connectivity index (χ3n) is 2.85. The van der Waals surface area contributed by atoms with Crippen molar-refractivity contribution in [3.63, 3.8) is 0 Å². The van der Waals surface area contributed by atoms with Crippen LogP contribution in [0.1, 0.15) is 12.5 Å². The molecule has 0 radical (unpaired) electrons. The van der Waals surface area contributed by atoms with Gasteiger partial charge in [-0.15, -0.1) is 11.8 Å². The summed E-state index contributed by atoms with van der Waals surface area (Å²) in [4.78, 5) is 13.2. The van der Waals surface area contributed by atoms with Crippen molar-refractivity contribution in [2.75, 3.05) is 11.1 Å². The predicted octanol–water partition coefficient (Wildman–Crippen LogP) is 3.70. The minimum absolute atomic E-state index is 0.00238. The number of nitrogen functional groups attached to an aromatic ring is 1. The highest BCUT2D eigenvalue weighted by Crippen LogP contribution is 2.25. The monoisotopic (exact) mass is 286 g/mol. The summed E-state index contributed by atoms with van der Waals surface area (Å²) in [6.07, 6.45) is 0. The molecule has 104 valence electrons. The van der Waals surface area contributed by atoms with Crippen molar-refractivity contribution in [3.05, 3.63) is 54.1 Å². The predicted molar refractivity (Wildman–Crippen MR) is 86.0 cm³/mol. The lowest BCUT2D eigenvalue weighted by Crippen LogP contribution is -2.22. The molecule has 20 heavy (non-hydrogen) atoms. The Balaban J connectivity index is 1.96. The number of anilines is 2. The Morgan fingerprint density at radius 2 is 1.90 bits per heavy atom. The third kappa shape index (κ3) is 4.03. The number of hydrogen-bond acceptors (Lipinski definition) is 3. The maximum atomic E-state index is 12.1. The number of rotatable bonds is 4. The lowest BCUT2D eigenvalue weighted by Gasteiger charge is -2.12. The quantitative estimate of drug-likeness (QED) is 0.665. The highest BCUT2D eigenvalue weighted by Gasteiger charge is 2.14. The van der Waals surface area contributed by atoms with Gasteiger partial charge in [-0.25, -0.2) is 0 Å². The molecule has 2 aromatic carbocycles. The van der Waals surface area contributed by atoms with E-state index in [0.29, 0.717) is 0 Å². The van der Waals surface area contributed by atoms with Crippen LogP contribution in [0.4, 0.5) is 11.4 Å². The summed E-state index contributed by atoms with van der Waals surface area (Å²) in [5.41, 5.74) is 8.33. The molecule has 4 heteroatoms. The lowest BCUT2D eigenvalue weighted by molar-refractivity contribution is -0.115. The van der Waals surface area contributed by atoms with Gasteiger partial charge >= 0.3 is 0 Å². The van der Waals surface area contributed by atoms with E-state index in [1.54, 1.807) is 0 Å². The van der Waals surface area contributed by atoms with Crippen LogP contribution >= 0.6 is 11.8 Å².